The number of aromatic nitrogens is 4. The molecule has 2 aromatic rings. The second kappa shape index (κ2) is 7.76. The fourth-order valence-corrected chi connectivity index (χ4v) is 3.65. The first-order valence-corrected chi connectivity index (χ1v) is 9.11. The Morgan fingerprint density at radius 2 is 2.17 bits per heavy atom. The molecule has 0 aliphatic carbocycles. The molecule has 0 radical (unpaired) electrons. The fourth-order valence-electron chi connectivity index (χ4n) is 2.95. The molecule has 7 nitrogen and oxygen atoms in total. The van der Waals surface area contributed by atoms with Crippen molar-refractivity contribution in [2.75, 3.05) is 18.8 Å². The lowest BCUT2D eigenvalue weighted by molar-refractivity contribution is -0.126. The minimum atomic E-state index is -0.0913. The van der Waals surface area contributed by atoms with E-state index in [4.69, 9.17) is 0 Å². The highest BCUT2D eigenvalue weighted by molar-refractivity contribution is 7.99. The van der Waals surface area contributed by atoms with Crippen LogP contribution < -0.4 is 5.32 Å². The summed E-state index contributed by atoms with van der Waals surface area (Å²) in [5.41, 5.74) is 2.61. The molecule has 1 aromatic heterocycles. The fraction of sp³-hybridized carbons (Fsp3) is 0.500. The quantitative estimate of drug-likeness (QED) is 0.618. The van der Waals surface area contributed by atoms with Crippen LogP contribution in [0.25, 0.3) is 0 Å². The Balaban J connectivity index is 1.53. The molecule has 0 bridgehead atoms. The first kappa shape index (κ1) is 16.9. The topological polar surface area (TPSA) is 75.9 Å². The minimum Gasteiger partial charge on any atom is -0.354 e. The highest BCUT2D eigenvalue weighted by Crippen LogP contribution is 2.23. The summed E-state index contributed by atoms with van der Waals surface area (Å²) in [6.45, 7) is 4.41. The van der Waals surface area contributed by atoms with E-state index in [-0.39, 0.29) is 11.9 Å². The highest BCUT2D eigenvalue weighted by atomic mass is 32.2. The molecule has 0 saturated heterocycles. The third kappa shape index (κ3) is 3.76. The van der Waals surface area contributed by atoms with Gasteiger partial charge < -0.3 is 5.32 Å². The number of benzene rings is 1. The lowest BCUT2D eigenvalue weighted by atomic mass is 9.93. The van der Waals surface area contributed by atoms with Gasteiger partial charge in [0.25, 0.3) is 0 Å². The molecule has 1 amide bonds. The summed E-state index contributed by atoms with van der Waals surface area (Å²) in [5.74, 6) is 0.845. The Bertz CT molecular complexity index is 703. The van der Waals surface area contributed by atoms with Crippen LogP contribution in [0.2, 0.25) is 0 Å². The van der Waals surface area contributed by atoms with Crippen LogP contribution in [0.5, 0.6) is 0 Å². The van der Waals surface area contributed by atoms with E-state index < -0.39 is 0 Å². The number of hydrogen-bond donors (Lipinski definition) is 1. The number of tetrazole rings is 1. The van der Waals surface area contributed by atoms with Gasteiger partial charge in [-0.2, -0.15) is 0 Å². The number of hydrogen-bond acceptors (Lipinski definition) is 6. The van der Waals surface area contributed by atoms with Crippen LogP contribution in [-0.2, 0) is 24.8 Å². The van der Waals surface area contributed by atoms with E-state index in [0.29, 0.717) is 6.54 Å². The van der Waals surface area contributed by atoms with Crippen LogP contribution in [0.3, 0.4) is 0 Å². The molecular formula is C16H22N6OS. The van der Waals surface area contributed by atoms with Crippen LogP contribution >= 0.6 is 11.8 Å². The standard InChI is InChI=1S/C16H22N6OS/c1-3-22-11-13-7-5-4-6-12(13)10-14(22)15(23)17-8-9-24-16-18-19-20-21(16)2/h4-7,14H,3,8-11H2,1-2H3,(H,17,23)/t14-/m1/s1. The van der Waals surface area contributed by atoms with Crippen LogP contribution in [0.4, 0.5) is 0 Å². The number of carbonyl (C=O) groups is 1. The van der Waals surface area contributed by atoms with E-state index >= 15 is 0 Å². The zero-order valence-corrected chi connectivity index (χ0v) is 14.8. The third-order valence-corrected chi connectivity index (χ3v) is 5.28. The molecule has 1 aromatic carbocycles. The molecule has 1 N–H and O–H groups in total. The first-order valence-electron chi connectivity index (χ1n) is 8.12. The van der Waals surface area contributed by atoms with E-state index in [9.17, 15) is 4.79 Å². The molecule has 0 saturated carbocycles. The molecule has 3 rings (SSSR count). The normalized spacial score (nSPS) is 17.5. The van der Waals surface area contributed by atoms with Crippen molar-refractivity contribution in [1.29, 1.82) is 0 Å². The molecule has 1 aliphatic heterocycles. The van der Waals surface area contributed by atoms with Crippen LogP contribution in [0.15, 0.2) is 29.4 Å². The minimum absolute atomic E-state index is 0.0913. The summed E-state index contributed by atoms with van der Waals surface area (Å²) in [4.78, 5) is 14.8. The molecule has 0 fully saturated rings. The van der Waals surface area contributed by atoms with Crippen molar-refractivity contribution in [3.63, 3.8) is 0 Å². The van der Waals surface area contributed by atoms with Crippen LogP contribution in [0, 0.1) is 0 Å². The maximum absolute atomic E-state index is 12.6. The molecule has 1 atom stereocenters. The van der Waals surface area contributed by atoms with Gasteiger partial charge in [0.15, 0.2) is 0 Å². The summed E-state index contributed by atoms with van der Waals surface area (Å²) >= 11 is 1.54. The number of thioether (sulfide) groups is 1. The van der Waals surface area contributed by atoms with Crippen LogP contribution in [0.1, 0.15) is 18.1 Å². The Kier molecular flexibility index (Phi) is 5.47. The zero-order chi connectivity index (χ0) is 16.9. The predicted octanol–water partition coefficient (Wildman–Crippen LogP) is 0.865. The number of carbonyl (C=O) groups excluding carboxylic acids is 1. The van der Waals surface area contributed by atoms with Gasteiger partial charge in [0.1, 0.15) is 0 Å². The zero-order valence-electron chi connectivity index (χ0n) is 14.0. The lowest BCUT2D eigenvalue weighted by Gasteiger charge is -2.35. The number of aryl methyl sites for hydroxylation is 1. The number of rotatable bonds is 6. The number of likely N-dealkylation sites (N-methyl/N-ethyl adjacent to an activating group) is 1. The summed E-state index contributed by atoms with van der Waals surface area (Å²) in [6.07, 6.45) is 0.774. The number of fused-ring (bicyclic) bond motifs is 1. The van der Waals surface area contributed by atoms with Crippen molar-refractivity contribution in [3.8, 4) is 0 Å². The second-order valence-electron chi connectivity index (χ2n) is 5.78. The highest BCUT2D eigenvalue weighted by Gasteiger charge is 2.30. The van der Waals surface area contributed by atoms with Gasteiger partial charge in [-0.15, -0.1) is 5.10 Å². The van der Waals surface area contributed by atoms with Gasteiger partial charge in [0.2, 0.25) is 11.1 Å². The summed E-state index contributed by atoms with van der Waals surface area (Å²) in [7, 11) is 1.81. The predicted molar refractivity (Wildman–Crippen MR) is 92.5 cm³/mol. The summed E-state index contributed by atoms with van der Waals surface area (Å²) < 4.78 is 1.63. The van der Waals surface area contributed by atoms with Gasteiger partial charge in [0, 0.05) is 25.9 Å². The Hall–Kier alpha value is -1.93. The van der Waals surface area contributed by atoms with Crippen molar-refractivity contribution < 1.29 is 4.79 Å². The third-order valence-electron chi connectivity index (χ3n) is 4.27. The monoisotopic (exact) mass is 346 g/mol. The van der Waals surface area contributed by atoms with Gasteiger partial charge in [-0.1, -0.05) is 43.0 Å². The Morgan fingerprint density at radius 3 is 2.88 bits per heavy atom. The van der Waals surface area contributed by atoms with E-state index in [1.165, 1.54) is 22.9 Å². The molecule has 0 spiro atoms. The molecule has 24 heavy (non-hydrogen) atoms. The maximum Gasteiger partial charge on any atom is 0.237 e. The molecule has 2 heterocycles. The van der Waals surface area contributed by atoms with Gasteiger partial charge in [-0.3, -0.25) is 9.69 Å². The maximum atomic E-state index is 12.6. The summed E-state index contributed by atoms with van der Waals surface area (Å²) in [6, 6.07) is 8.29. The van der Waals surface area contributed by atoms with Crippen molar-refractivity contribution in [2.45, 2.75) is 31.1 Å². The largest absolute Gasteiger partial charge is 0.354 e. The van der Waals surface area contributed by atoms with Crippen molar-refractivity contribution in [2.24, 2.45) is 7.05 Å². The average molecular weight is 346 g/mol. The molecule has 0 unspecified atom stereocenters. The smallest absolute Gasteiger partial charge is 0.237 e. The van der Waals surface area contributed by atoms with E-state index in [1.54, 1.807) is 11.7 Å². The Morgan fingerprint density at radius 1 is 1.38 bits per heavy atom. The first-order chi connectivity index (χ1) is 11.7. The Labute approximate surface area is 145 Å². The second-order valence-corrected chi connectivity index (χ2v) is 6.84. The van der Waals surface area contributed by atoms with Gasteiger partial charge >= 0.3 is 0 Å². The number of nitrogens with zero attached hydrogens (tertiary/aromatic N) is 5. The molecule has 1 aliphatic rings. The van der Waals surface area contributed by atoms with Crippen molar-refractivity contribution >= 4 is 17.7 Å². The van der Waals surface area contributed by atoms with Gasteiger partial charge in [-0.25, -0.2) is 4.68 Å². The molecule has 8 heteroatoms. The lowest BCUT2D eigenvalue weighted by Crippen LogP contribution is -2.50. The van der Waals surface area contributed by atoms with Crippen LogP contribution in [-0.4, -0.2) is 55.9 Å². The number of nitrogens with one attached hydrogen (secondary N) is 1. The molecular weight excluding hydrogens is 324 g/mol. The van der Waals surface area contributed by atoms with E-state index in [1.807, 2.05) is 6.07 Å². The molecule has 128 valence electrons. The average Bonchev–Trinajstić information content (AvgIpc) is 3.02. The van der Waals surface area contributed by atoms with E-state index in [0.717, 1.165) is 30.4 Å². The van der Waals surface area contributed by atoms with Crippen molar-refractivity contribution in [1.82, 2.24) is 30.4 Å². The van der Waals surface area contributed by atoms with E-state index in [2.05, 4.69) is 50.9 Å². The summed E-state index contributed by atoms with van der Waals surface area (Å²) in [5, 5.41) is 15.1. The number of amides is 1. The van der Waals surface area contributed by atoms with Crippen molar-refractivity contribution in [3.05, 3.63) is 35.4 Å². The SMILES string of the molecule is CCN1Cc2ccccc2C[C@@H]1C(=O)NCCSc1nnnn1C. The van der Waals surface area contributed by atoms with Gasteiger partial charge in [-0.05, 0) is 34.5 Å². The van der Waals surface area contributed by atoms with Gasteiger partial charge in [0.05, 0.1) is 6.04 Å².